The fraction of sp³-hybridized carbons (Fsp3) is 0.381. The van der Waals surface area contributed by atoms with Gasteiger partial charge in [-0.3, -0.25) is 9.88 Å². The summed E-state index contributed by atoms with van der Waals surface area (Å²) < 4.78 is 16.2. The first-order valence-corrected chi connectivity index (χ1v) is 9.44. The number of benzene rings is 1. The van der Waals surface area contributed by atoms with Crippen LogP contribution >= 0.6 is 0 Å². The number of nitrogens with zero attached hydrogens (tertiary/aromatic N) is 4. The van der Waals surface area contributed by atoms with E-state index in [4.69, 9.17) is 14.0 Å². The second kappa shape index (κ2) is 8.39. The summed E-state index contributed by atoms with van der Waals surface area (Å²) in [5, 5.41) is 4.21. The summed E-state index contributed by atoms with van der Waals surface area (Å²) in [5.74, 6) is 3.35. The lowest BCUT2D eigenvalue weighted by Gasteiger charge is -2.30. The second-order valence-electron chi connectivity index (χ2n) is 6.92. The van der Waals surface area contributed by atoms with Gasteiger partial charge in [0, 0.05) is 42.0 Å². The van der Waals surface area contributed by atoms with Gasteiger partial charge in [-0.25, -0.2) is 0 Å². The maximum atomic E-state index is 5.52. The number of rotatable bonds is 6. The fourth-order valence-corrected chi connectivity index (χ4v) is 3.59. The molecule has 7 heteroatoms. The first-order valence-electron chi connectivity index (χ1n) is 9.44. The quantitative estimate of drug-likeness (QED) is 0.648. The molecule has 4 rings (SSSR count). The molecule has 0 amide bonds. The van der Waals surface area contributed by atoms with Crippen molar-refractivity contribution in [2.45, 2.75) is 25.3 Å². The average molecular weight is 380 g/mol. The van der Waals surface area contributed by atoms with Crippen LogP contribution in [0.1, 0.15) is 30.1 Å². The van der Waals surface area contributed by atoms with E-state index < -0.39 is 0 Å². The van der Waals surface area contributed by atoms with Crippen LogP contribution in [0.4, 0.5) is 0 Å². The summed E-state index contributed by atoms with van der Waals surface area (Å²) in [6.45, 7) is 2.83. The van der Waals surface area contributed by atoms with Gasteiger partial charge in [0.2, 0.25) is 0 Å². The van der Waals surface area contributed by atoms with E-state index >= 15 is 0 Å². The Morgan fingerprint density at radius 2 is 1.86 bits per heavy atom. The van der Waals surface area contributed by atoms with Gasteiger partial charge in [0.25, 0.3) is 5.89 Å². The van der Waals surface area contributed by atoms with Crippen LogP contribution in [0.2, 0.25) is 0 Å². The molecule has 7 nitrogen and oxygen atoms in total. The zero-order chi connectivity index (χ0) is 19.3. The maximum absolute atomic E-state index is 5.52. The molecule has 0 aliphatic carbocycles. The van der Waals surface area contributed by atoms with Gasteiger partial charge in [0.15, 0.2) is 5.82 Å². The first-order chi connectivity index (χ1) is 13.8. The molecule has 3 aromatic rings. The summed E-state index contributed by atoms with van der Waals surface area (Å²) in [5.41, 5.74) is 2.07. The Bertz CT molecular complexity index is 905. The molecule has 2 aromatic heterocycles. The van der Waals surface area contributed by atoms with Crippen molar-refractivity contribution in [3.05, 3.63) is 54.1 Å². The molecule has 1 saturated heterocycles. The van der Waals surface area contributed by atoms with Crippen LogP contribution in [-0.2, 0) is 6.54 Å². The van der Waals surface area contributed by atoms with Crippen molar-refractivity contribution in [3.8, 4) is 23.0 Å². The smallest absolute Gasteiger partial charge is 0.258 e. The SMILES string of the molecule is COc1ccc(CN2CCC(c3noc(-c4ccncc4)n3)CC2)c(OC)c1. The molecule has 0 radical (unpaired) electrons. The molecule has 0 saturated carbocycles. The molecular weight excluding hydrogens is 356 g/mol. The number of methoxy groups -OCH3 is 2. The molecular formula is C21H24N4O3. The Morgan fingerprint density at radius 1 is 1.07 bits per heavy atom. The number of ether oxygens (including phenoxy) is 2. The Kier molecular flexibility index (Phi) is 5.53. The van der Waals surface area contributed by atoms with Crippen LogP contribution in [0, 0.1) is 0 Å². The number of pyridine rings is 1. The van der Waals surface area contributed by atoms with Crippen molar-refractivity contribution in [3.63, 3.8) is 0 Å². The van der Waals surface area contributed by atoms with Crippen LogP contribution in [0.15, 0.2) is 47.2 Å². The number of piperidine rings is 1. The molecule has 0 bridgehead atoms. The van der Waals surface area contributed by atoms with Gasteiger partial charge in [0.05, 0.1) is 14.2 Å². The van der Waals surface area contributed by atoms with E-state index in [1.165, 1.54) is 5.56 Å². The largest absolute Gasteiger partial charge is 0.497 e. The molecule has 0 atom stereocenters. The third-order valence-corrected chi connectivity index (χ3v) is 5.21. The monoisotopic (exact) mass is 380 g/mol. The van der Waals surface area contributed by atoms with Crippen LogP contribution in [0.3, 0.4) is 0 Å². The zero-order valence-corrected chi connectivity index (χ0v) is 16.2. The van der Waals surface area contributed by atoms with Gasteiger partial charge in [-0.15, -0.1) is 0 Å². The number of aromatic nitrogens is 3. The van der Waals surface area contributed by atoms with Crippen molar-refractivity contribution in [2.24, 2.45) is 0 Å². The van der Waals surface area contributed by atoms with E-state index in [0.717, 1.165) is 55.4 Å². The standard InChI is InChI=1S/C21H24N4O3/c1-26-18-4-3-17(19(13-18)27-2)14-25-11-7-15(8-12-25)20-23-21(28-24-20)16-5-9-22-10-6-16/h3-6,9-10,13,15H,7-8,11-12,14H2,1-2H3. The Balaban J connectivity index is 1.37. The predicted molar refractivity (Wildman–Crippen MR) is 104 cm³/mol. The number of hydrogen-bond acceptors (Lipinski definition) is 7. The fourth-order valence-electron chi connectivity index (χ4n) is 3.59. The van der Waals surface area contributed by atoms with Gasteiger partial charge in [-0.05, 0) is 44.1 Å². The minimum atomic E-state index is 0.327. The summed E-state index contributed by atoms with van der Waals surface area (Å²) >= 11 is 0. The number of likely N-dealkylation sites (tertiary alicyclic amines) is 1. The summed E-state index contributed by atoms with van der Waals surface area (Å²) in [6.07, 6.45) is 5.47. The molecule has 28 heavy (non-hydrogen) atoms. The lowest BCUT2D eigenvalue weighted by molar-refractivity contribution is 0.198. The van der Waals surface area contributed by atoms with E-state index in [1.807, 2.05) is 24.3 Å². The maximum Gasteiger partial charge on any atom is 0.258 e. The van der Waals surface area contributed by atoms with E-state index in [1.54, 1.807) is 26.6 Å². The van der Waals surface area contributed by atoms with E-state index in [0.29, 0.717) is 11.8 Å². The van der Waals surface area contributed by atoms with Crippen molar-refractivity contribution < 1.29 is 14.0 Å². The van der Waals surface area contributed by atoms with Crippen molar-refractivity contribution >= 4 is 0 Å². The molecule has 1 fully saturated rings. The zero-order valence-electron chi connectivity index (χ0n) is 16.2. The third-order valence-electron chi connectivity index (χ3n) is 5.21. The molecule has 0 N–H and O–H groups in total. The van der Waals surface area contributed by atoms with Gasteiger partial charge < -0.3 is 14.0 Å². The Hall–Kier alpha value is -2.93. The average Bonchev–Trinajstić information content (AvgIpc) is 3.25. The van der Waals surface area contributed by atoms with Crippen molar-refractivity contribution in [1.29, 1.82) is 0 Å². The molecule has 1 aromatic carbocycles. The molecule has 0 spiro atoms. The molecule has 1 aliphatic heterocycles. The first kappa shape index (κ1) is 18.4. The highest BCUT2D eigenvalue weighted by atomic mass is 16.5. The van der Waals surface area contributed by atoms with E-state index in [9.17, 15) is 0 Å². The van der Waals surface area contributed by atoms with Crippen LogP contribution in [-0.4, -0.2) is 47.3 Å². The van der Waals surface area contributed by atoms with Gasteiger partial charge in [0.1, 0.15) is 11.5 Å². The molecule has 3 heterocycles. The highest BCUT2D eigenvalue weighted by molar-refractivity contribution is 5.51. The minimum absolute atomic E-state index is 0.327. The van der Waals surface area contributed by atoms with Crippen molar-refractivity contribution in [2.75, 3.05) is 27.3 Å². The van der Waals surface area contributed by atoms with Gasteiger partial charge >= 0.3 is 0 Å². The molecule has 0 unspecified atom stereocenters. The lowest BCUT2D eigenvalue weighted by Crippen LogP contribution is -2.32. The third kappa shape index (κ3) is 3.99. The second-order valence-corrected chi connectivity index (χ2v) is 6.92. The predicted octanol–water partition coefficient (Wildman–Crippen LogP) is 3.53. The topological polar surface area (TPSA) is 73.5 Å². The van der Waals surface area contributed by atoms with Crippen LogP contribution < -0.4 is 9.47 Å². The Labute approximate surface area is 164 Å². The minimum Gasteiger partial charge on any atom is -0.497 e. The normalized spacial score (nSPS) is 15.5. The number of hydrogen-bond donors (Lipinski definition) is 0. The Morgan fingerprint density at radius 3 is 2.57 bits per heavy atom. The van der Waals surface area contributed by atoms with Crippen LogP contribution in [0.25, 0.3) is 11.5 Å². The highest BCUT2D eigenvalue weighted by Gasteiger charge is 2.25. The van der Waals surface area contributed by atoms with Crippen LogP contribution in [0.5, 0.6) is 11.5 Å². The lowest BCUT2D eigenvalue weighted by atomic mass is 9.95. The van der Waals surface area contributed by atoms with Gasteiger partial charge in [-0.2, -0.15) is 4.98 Å². The summed E-state index contributed by atoms with van der Waals surface area (Å²) in [6, 6.07) is 9.74. The molecule has 146 valence electrons. The van der Waals surface area contributed by atoms with E-state index in [-0.39, 0.29) is 0 Å². The van der Waals surface area contributed by atoms with E-state index in [2.05, 4.69) is 26.1 Å². The van der Waals surface area contributed by atoms with Gasteiger partial charge in [-0.1, -0.05) is 11.2 Å². The molecule has 1 aliphatic rings. The summed E-state index contributed by atoms with van der Waals surface area (Å²) in [7, 11) is 3.36. The summed E-state index contributed by atoms with van der Waals surface area (Å²) in [4.78, 5) is 11.1. The highest BCUT2D eigenvalue weighted by Crippen LogP contribution is 2.30. The van der Waals surface area contributed by atoms with Crippen molar-refractivity contribution in [1.82, 2.24) is 20.0 Å².